The van der Waals surface area contributed by atoms with Gasteiger partial charge >= 0.3 is 5.65 Å². The van der Waals surface area contributed by atoms with Crippen molar-refractivity contribution >= 4 is 11.2 Å². The summed E-state index contributed by atoms with van der Waals surface area (Å²) in [6, 6.07) is 0. The molecule has 0 aliphatic carbocycles. The molecular formula is C4H3N5O. The van der Waals surface area contributed by atoms with Gasteiger partial charge < -0.3 is 5.21 Å². The smallest absolute Gasteiger partial charge is 0.326 e. The van der Waals surface area contributed by atoms with Crippen LogP contribution in [0.4, 0.5) is 0 Å². The van der Waals surface area contributed by atoms with E-state index in [1.807, 2.05) is 0 Å². The molecule has 0 fully saturated rings. The third-order valence-corrected chi connectivity index (χ3v) is 1.13. The SMILES string of the molecule is [O-][n+]1n[nH]c2cncnc21. The predicted molar refractivity (Wildman–Crippen MR) is 30.6 cm³/mol. The minimum Gasteiger partial charge on any atom is -0.721 e. The zero-order chi connectivity index (χ0) is 6.97. The lowest BCUT2D eigenvalue weighted by Gasteiger charge is -1.88. The molecule has 2 aromatic heterocycles. The zero-order valence-corrected chi connectivity index (χ0v) is 4.85. The van der Waals surface area contributed by atoms with Gasteiger partial charge in [-0.15, -0.1) is 4.85 Å². The van der Waals surface area contributed by atoms with Crippen molar-refractivity contribution in [2.24, 2.45) is 0 Å². The number of hydrogen-bond donors (Lipinski definition) is 1. The predicted octanol–water partition coefficient (Wildman–Crippen LogP) is -1.01. The molecule has 0 radical (unpaired) electrons. The Morgan fingerprint density at radius 1 is 1.60 bits per heavy atom. The largest absolute Gasteiger partial charge is 0.721 e. The van der Waals surface area contributed by atoms with Crippen LogP contribution in [0.3, 0.4) is 0 Å². The number of aromatic amines is 1. The molecule has 0 aliphatic heterocycles. The minimum absolute atomic E-state index is 0.259. The number of nitrogens with one attached hydrogen (secondary N) is 1. The molecule has 0 saturated heterocycles. The van der Waals surface area contributed by atoms with E-state index < -0.39 is 0 Å². The first-order valence-corrected chi connectivity index (χ1v) is 2.62. The molecule has 0 bridgehead atoms. The van der Waals surface area contributed by atoms with Crippen molar-refractivity contribution in [3.05, 3.63) is 17.7 Å². The van der Waals surface area contributed by atoms with Crippen molar-refractivity contribution in [2.75, 3.05) is 0 Å². The summed E-state index contributed by atoms with van der Waals surface area (Å²) in [4.78, 5) is 7.79. The second kappa shape index (κ2) is 1.63. The van der Waals surface area contributed by atoms with Crippen molar-refractivity contribution in [1.82, 2.24) is 20.3 Å². The van der Waals surface area contributed by atoms with E-state index in [1.54, 1.807) is 0 Å². The van der Waals surface area contributed by atoms with E-state index in [0.717, 1.165) is 0 Å². The van der Waals surface area contributed by atoms with Crippen LogP contribution in [0.15, 0.2) is 12.5 Å². The zero-order valence-electron chi connectivity index (χ0n) is 4.85. The van der Waals surface area contributed by atoms with Gasteiger partial charge in [-0.25, -0.2) is 4.98 Å². The van der Waals surface area contributed by atoms with Gasteiger partial charge in [-0.3, -0.25) is 0 Å². The summed E-state index contributed by atoms with van der Waals surface area (Å²) >= 11 is 0. The van der Waals surface area contributed by atoms with Gasteiger partial charge in [0.1, 0.15) is 0 Å². The van der Waals surface area contributed by atoms with Crippen molar-refractivity contribution in [2.45, 2.75) is 0 Å². The second-order valence-corrected chi connectivity index (χ2v) is 1.74. The topological polar surface area (TPSA) is 81.4 Å². The summed E-state index contributed by atoms with van der Waals surface area (Å²) in [5.41, 5.74) is 0.799. The van der Waals surface area contributed by atoms with Gasteiger partial charge in [-0.2, -0.15) is 5.10 Å². The van der Waals surface area contributed by atoms with E-state index in [2.05, 4.69) is 20.3 Å². The van der Waals surface area contributed by atoms with Crippen LogP contribution in [-0.2, 0) is 0 Å². The third kappa shape index (κ3) is 0.524. The molecule has 0 unspecified atom stereocenters. The summed E-state index contributed by atoms with van der Waals surface area (Å²) in [6.07, 6.45) is 2.79. The van der Waals surface area contributed by atoms with Gasteiger partial charge in [0.25, 0.3) is 0 Å². The summed E-state index contributed by atoms with van der Waals surface area (Å²) in [5, 5.41) is 16.5. The van der Waals surface area contributed by atoms with Gasteiger partial charge in [0.05, 0.1) is 6.20 Å². The monoisotopic (exact) mass is 137 g/mol. The number of rotatable bonds is 0. The van der Waals surface area contributed by atoms with E-state index in [0.29, 0.717) is 10.4 Å². The first kappa shape index (κ1) is 5.10. The standard InChI is InChI=1S/C4H3N5O/c10-9-4-3(7-8-9)1-5-2-6-4/h1-2,7H. The van der Waals surface area contributed by atoms with Crippen molar-refractivity contribution in [1.29, 1.82) is 0 Å². The van der Waals surface area contributed by atoms with Crippen molar-refractivity contribution in [3.63, 3.8) is 0 Å². The molecule has 2 rings (SSSR count). The number of hydrogen-bond acceptors (Lipinski definition) is 4. The van der Waals surface area contributed by atoms with Crippen LogP contribution in [0.1, 0.15) is 0 Å². The molecule has 0 atom stereocenters. The maximum absolute atomic E-state index is 10.7. The lowest BCUT2D eigenvalue weighted by atomic mass is 10.6. The Kier molecular flexibility index (Phi) is 0.830. The molecule has 2 heterocycles. The lowest BCUT2D eigenvalue weighted by molar-refractivity contribution is -0.645. The molecule has 6 nitrogen and oxygen atoms in total. The van der Waals surface area contributed by atoms with E-state index >= 15 is 0 Å². The van der Waals surface area contributed by atoms with E-state index in [-0.39, 0.29) is 5.65 Å². The average molecular weight is 137 g/mol. The van der Waals surface area contributed by atoms with Gasteiger partial charge in [0.2, 0.25) is 5.52 Å². The Hall–Kier alpha value is -1.72. The Morgan fingerprint density at radius 3 is 3.30 bits per heavy atom. The molecule has 6 heteroatoms. The Morgan fingerprint density at radius 2 is 2.50 bits per heavy atom. The Labute approximate surface area is 55.1 Å². The van der Waals surface area contributed by atoms with Gasteiger partial charge in [-0.1, -0.05) is 4.98 Å². The highest BCUT2D eigenvalue weighted by Gasteiger charge is 2.04. The van der Waals surface area contributed by atoms with Crippen molar-refractivity contribution in [3.8, 4) is 0 Å². The highest BCUT2D eigenvalue weighted by atomic mass is 16.5. The van der Waals surface area contributed by atoms with Crippen LogP contribution in [0.2, 0.25) is 0 Å². The molecule has 0 amide bonds. The average Bonchev–Trinajstić information content (AvgIpc) is 2.34. The molecule has 0 aliphatic rings. The third-order valence-electron chi connectivity index (χ3n) is 1.13. The van der Waals surface area contributed by atoms with Crippen LogP contribution in [-0.4, -0.2) is 20.3 Å². The van der Waals surface area contributed by atoms with Crippen LogP contribution in [0.5, 0.6) is 0 Å². The number of H-pyrrole nitrogens is 1. The molecule has 2 aromatic rings. The summed E-state index contributed by atoms with van der Waals surface area (Å²) in [6.45, 7) is 0. The maximum atomic E-state index is 10.7. The summed E-state index contributed by atoms with van der Waals surface area (Å²) in [7, 11) is 0. The summed E-state index contributed by atoms with van der Waals surface area (Å²) < 4.78 is 0. The quantitative estimate of drug-likeness (QED) is 0.372. The maximum Gasteiger partial charge on any atom is 0.326 e. The lowest BCUT2D eigenvalue weighted by Crippen LogP contribution is -2.28. The normalized spacial score (nSPS) is 10.4. The fraction of sp³-hybridized carbons (Fsp3) is 0. The number of nitrogens with zero attached hydrogens (tertiary/aromatic N) is 4. The molecular weight excluding hydrogens is 134 g/mol. The van der Waals surface area contributed by atoms with Gasteiger partial charge in [0, 0.05) is 5.21 Å². The fourth-order valence-corrected chi connectivity index (χ4v) is 0.701. The van der Waals surface area contributed by atoms with E-state index in [4.69, 9.17) is 0 Å². The second-order valence-electron chi connectivity index (χ2n) is 1.74. The molecule has 0 spiro atoms. The van der Waals surface area contributed by atoms with E-state index in [1.165, 1.54) is 12.5 Å². The number of fused-ring (bicyclic) bond motifs is 1. The van der Waals surface area contributed by atoms with Crippen LogP contribution >= 0.6 is 0 Å². The van der Waals surface area contributed by atoms with Crippen LogP contribution in [0, 0.1) is 5.21 Å². The van der Waals surface area contributed by atoms with E-state index in [9.17, 15) is 5.21 Å². The van der Waals surface area contributed by atoms with Gasteiger partial charge in [-0.05, 0) is 0 Å². The molecule has 0 saturated carbocycles. The van der Waals surface area contributed by atoms with Crippen molar-refractivity contribution < 1.29 is 4.85 Å². The minimum atomic E-state index is 0.259. The van der Waals surface area contributed by atoms with Crippen LogP contribution in [0.25, 0.3) is 11.2 Å². The molecule has 10 heavy (non-hydrogen) atoms. The fourth-order valence-electron chi connectivity index (χ4n) is 0.701. The van der Waals surface area contributed by atoms with Crippen LogP contribution < -0.4 is 4.85 Å². The van der Waals surface area contributed by atoms with Gasteiger partial charge in [0.15, 0.2) is 6.33 Å². The number of aromatic nitrogens is 5. The molecule has 0 aromatic carbocycles. The first-order chi connectivity index (χ1) is 4.88. The molecule has 50 valence electrons. The first-order valence-electron chi connectivity index (χ1n) is 2.62. The summed E-state index contributed by atoms with van der Waals surface area (Å²) in [5.74, 6) is 0. The Bertz CT molecular complexity index is 355. The highest BCUT2D eigenvalue weighted by Crippen LogP contribution is 1.95. The molecule has 1 N–H and O–H groups in total. The Balaban J connectivity index is 2.93. The highest BCUT2D eigenvalue weighted by molar-refractivity contribution is 5.63.